The van der Waals surface area contributed by atoms with Gasteiger partial charge in [0, 0.05) is 5.46 Å². The number of hydrogen-bond donors (Lipinski definition) is 2. The van der Waals surface area contributed by atoms with E-state index in [1.165, 1.54) is 12.7 Å². The van der Waals surface area contributed by atoms with Gasteiger partial charge in [-0.25, -0.2) is 0 Å². The molecule has 0 aliphatic rings. The lowest BCUT2D eigenvalue weighted by Gasteiger charge is -2.10. The van der Waals surface area contributed by atoms with Crippen LogP contribution in [0.25, 0.3) is 0 Å². The summed E-state index contributed by atoms with van der Waals surface area (Å²) in [5, 5.41) is 18.1. The molecule has 2 aromatic carbocycles. The maximum Gasteiger partial charge on any atom is 0.492 e. The molecule has 0 spiro atoms. The average Bonchev–Trinajstić information content (AvgIpc) is 2.46. The smallest absolute Gasteiger partial charge is 0.492 e. The summed E-state index contributed by atoms with van der Waals surface area (Å²) in [4.78, 5) is 0. The molecule has 0 aliphatic carbocycles. The molecule has 25 heavy (non-hydrogen) atoms. The van der Waals surface area contributed by atoms with E-state index in [9.17, 15) is 0 Å². The van der Waals surface area contributed by atoms with Crippen molar-refractivity contribution in [2.24, 2.45) is 0 Å². The summed E-state index contributed by atoms with van der Waals surface area (Å²) in [6.07, 6.45) is 0. The molecule has 2 aromatic rings. The number of aryl methyl sites for hydroxylation is 2. The van der Waals surface area contributed by atoms with E-state index in [4.69, 9.17) is 19.5 Å². The number of ether oxygens (including phenoxy) is 2. The predicted molar refractivity (Wildman–Crippen MR) is 116 cm³/mol. The van der Waals surface area contributed by atoms with Crippen molar-refractivity contribution < 1.29 is 19.5 Å². The van der Waals surface area contributed by atoms with Gasteiger partial charge >= 0.3 is 7.12 Å². The lowest BCUT2D eigenvalue weighted by Crippen LogP contribution is -2.31. The Morgan fingerprint density at radius 3 is 1.48 bits per heavy atom. The maximum absolute atomic E-state index is 9.04. The minimum atomic E-state index is -1.51. The SMILES string of the molecule is COc1c(Br)cc(C)cc1B(O)O.COc1c(Br)cc(C)cc1Br.Cl. The van der Waals surface area contributed by atoms with Crippen LogP contribution in [0.15, 0.2) is 37.7 Å². The molecule has 9 heteroatoms. The Hall–Kier alpha value is -0.245. The Morgan fingerprint density at radius 2 is 1.12 bits per heavy atom. The molecule has 0 aromatic heterocycles. The zero-order chi connectivity index (χ0) is 18.4. The monoisotopic (exact) mass is 558 g/mol. The van der Waals surface area contributed by atoms with Crippen LogP contribution in [0.2, 0.25) is 0 Å². The highest BCUT2D eigenvalue weighted by molar-refractivity contribution is 9.11. The summed E-state index contributed by atoms with van der Waals surface area (Å²) >= 11 is 10.1. The predicted octanol–water partition coefficient (Wildman–Crippen LogP) is 4.40. The second-order valence-electron chi connectivity index (χ2n) is 5.00. The second-order valence-corrected chi connectivity index (χ2v) is 7.57. The third-order valence-electron chi connectivity index (χ3n) is 3.05. The Balaban J connectivity index is 0.000000449. The molecule has 2 rings (SSSR count). The molecule has 0 heterocycles. The van der Waals surface area contributed by atoms with Crippen LogP contribution in [-0.2, 0) is 0 Å². The molecular weight excluding hydrogens is 542 g/mol. The van der Waals surface area contributed by atoms with Crippen molar-refractivity contribution in [1.29, 1.82) is 0 Å². The lowest BCUT2D eigenvalue weighted by atomic mass is 9.79. The average molecular weight is 561 g/mol. The molecule has 0 amide bonds. The van der Waals surface area contributed by atoms with Crippen molar-refractivity contribution in [3.05, 3.63) is 48.8 Å². The fraction of sp³-hybridized carbons (Fsp3) is 0.250. The number of hydrogen-bond acceptors (Lipinski definition) is 4. The van der Waals surface area contributed by atoms with Crippen LogP contribution in [0.3, 0.4) is 0 Å². The molecule has 0 fully saturated rings. The summed E-state index contributed by atoms with van der Waals surface area (Å²) in [6, 6.07) is 7.56. The molecule has 0 aliphatic heterocycles. The maximum atomic E-state index is 9.04. The quantitative estimate of drug-likeness (QED) is 0.546. The summed E-state index contributed by atoms with van der Waals surface area (Å²) in [5.41, 5.74) is 2.51. The first kappa shape index (κ1) is 24.8. The number of methoxy groups -OCH3 is 2. The Labute approximate surface area is 179 Å². The van der Waals surface area contributed by atoms with Gasteiger partial charge in [-0.05, 0) is 85.4 Å². The van der Waals surface area contributed by atoms with Gasteiger partial charge in [0.1, 0.15) is 11.5 Å². The van der Waals surface area contributed by atoms with E-state index < -0.39 is 7.12 Å². The van der Waals surface area contributed by atoms with Crippen molar-refractivity contribution in [1.82, 2.24) is 0 Å². The van der Waals surface area contributed by atoms with Gasteiger partial charge < -0.3 is 19.5 Å². The molecule has 0 unspecified atom stereocenters. The summed E-state index contributed by atoms with van der Waals surface area (Å²) in [7, 11) is 1.63. The molecular formula is C16H19BBr3ClO4. The first-order chi connectivity index (χ1) is 11.2. The third-order valence-corrected chi connectivity index (χ3v) is 4.81. The standard InChI is InChI=1S/C8H10BBrO3.C8H8Br2O.ClH/c1-5-3-6(9(11)12)8(13-2)7(10)4-5;1-5-3-6(9)8(11-2)7(10)4-5;/h3-4,11-12H,1-2H3;3-4H,1-2H3;1H. The fourth-order valence-electron chi connectivity index (χ4n) is 2.04. The lowest BCUT2D eigenvalue weighted by molar-refractivity contribution is 0.401. The molecule has 0 atom stereocenters. The molecule has 0 radical (unpaired) electrons. The van der Waals surface area contributed by atoms with Crippen LogP contribution in [0.1, 0.15) is 11.1 Å². The van der Waals surface area contributed by atoms with Crippen LogP contribution < -0.4 is 14.9 Å². The van der Waals surface area contributed by atoms with E-state index in [0.717, 1.165) is 24.7 Å². The highest BCUT2D eigenvalue weighted by atomic mass is 79.9. The van der Waals surface area contributed by atoms with Crippen LogP contribution >= 0.6 is 60.2 Å². The summed E-state index contributed by atoms with van der Waals surface area (Å²) < 4.78 is 12.8. The summed E-state index contributed by atoms with van der Waals surface area (Å²) in [5.74, 6) is 1.30. The number of halogens is 4. The summed E-state index contributed by atoms with van der Waals surface area (Å²) in [6.45, 7) is 3.91. The minimum absolute atomic E-state index is 0. The van der Waals surface area contributed by atoms with E-state index in [1.54, 1.807) is 13.2 Å². The van der Waals surface area contributed by atoms with Gasteiger partial charge in [-0.15, -0.1) is 12.4 Å². The molecule has 0 bridgehead atoms. The van der Waals surface area contributed by atoms with Gasteiger partial charge in [0.15, 0.2) is 0 Å². The van der Waals surface area contributed by atoms with Crippen molar-refractivity contribution in [3.63, 3.8) is 0 Å². The topological polar surface area (TPSA) is 58.9 Å². The largest absolute Gasteiger partial charge is 0.496 e. The third kappa shape index (κ3) is 7.11. The van der Waals surface area contributed by atoms with Crippen LogP contribution in [0.4, 0.5) is 0 Å². The Bertz CT molecular complexity index is 691. The van der Waals surface area contributed by atoms with Gasteiger partial charge in [-0.3, -0.25) is 0 Å². The van der Waals surface area contributed by atoms with Crippen LogP contribution in [0, 0.1) is 13.8 Å². The zero-order valence-corrected chi connectivity index (χ0v) is 19.7. The molecule has 4 nitrogen and oxygen atoms in total. The molecule has 0 saturated heterocycles. The van der Waals surface area contributed by atoms with Crippen LogP contribution in [-0.4, -0.2) is 31.4 Å². The normalized spacial score (nSPS) is 9.48. The number of rotatable bonds is 3. The fourth-order valence-corrected chi connectivity index (χ4v) is 4.54. The highest BCUT2D eigenvalue weighted by Crippen LogP contribution is 2.33. The highest BCUT2D eigenvalue weighted by Gasteiger charge is 2.19. The van der Waals surface area contributed by atoms with Crippen LogP contribution in [0.5, 0.6) is 11.5 Å². The zero-order valence-electron chi connectivity index (χ0n) is 14.1. The van der Waals surface area contributed by atoms with E-state index in [2.05, 4.69) is 47.8 Å². The van der Waals surface area contributed by atoms with Crippen molar-refractivity contribution in [2.75, 3.05) is 14.2 Å². The molecule has 2 N–H and O–H groups in total. The van der Waals surface area contributed by atoms with Crippen molar-refractivity contribution in [2.45, 2.75) is 13.8 Å². The van der Waals surface area contributed by atoms with Gasteiger partial charge in [-0.2, -0.15) is 0 Å². The first-order valence-corrected chi connectivity index (χ1v) is 9.29. The first-order valence-electron chi connectivity index (χ1n) is 6.91. The van der Waals surface area contributed by atoms with Crippen molar-refractivity contribution in [3.8, 4) is 11.5 Å². The van der Waals surface area contributed by atoms with E-state index in [1.807, 2.05) is 32.0 Å². The van der Waals surface area contributed by atoms with Crippen molar-refractivity contribution >= 4 is 72.8 Å². The van der Waals surface area contributed by atoms with Gasteiger partial charge in [0.05, 0.1) is 27.6 Å². The van der Waals surface area contributed by atoms with Gasteiger partial charge in [0.2, 0.25) is 0 Å². The van der Waals surface area contributed by atoms with E-state index >= 15 is 0 Å². The second kappa shape index (κ2) is 11.5. The number of benzene rings is 2. The Kier molecular flexibility index (Phi) is 11.4. The van der Waals surface area contributed by atoms with Gasteiger partial charge in [-0.1, -0.05) is 11.6 Å². The minimum Gasteiger partial charge on any atom is -0.496 e. The van der Waals surface area contributed by atoms with Gasteiger partial charge in [0.25, 0.3) is 0 Å². The molecule has 138 valence electrons. The van der Waals surface area contributed by atoms with E-state index in [-0.39, 0.29) is 12.4 Å². The van der Waals surface area contributed by atoms with E-state index in [0.29, 0.717) is 11.2 Å². The molecule has 0 saturated carbocycles. The Morgan fingerprint density at radius 1 is 0.760 bits per heavy atom.